The van der Waals surface area contributed by atoms with Gasteiger partial charge in [0.25, 0.3) is 0 Å². The molecule has 0 aliphatic carbocycles. The average Bonchev–Trinajstić information content (AvgIpc) is 2.24. The maximum Gasteiger partial charge on any atom is 0.375 e. The van der Waals surface area contributed by atoms with Crippen molar-refractivity contribution in [3.8, 4) is 0 Å². The van der Waals surface area contributed by atoms with E-state index in [1.54, 1.807) is 0 Å². The summed E-state index contributed by atoms with van der Waals surface area (Å²) in [4.78, 5) is 20.0. The number of unbranched alkanes of at least 4 members (excludes halogenated alkanes) is 8. The Morgan fingerprint density at radius 2 is 1.44 bits per heavy atom. The molecule has 0 bridgehead atoms. The van der Waals surface area contributed by atoms with Gasteiger partial charge in [-0.1, -0.05) is 58.3 Å². The monoisotopic (exact) mass is 278 g/mol. The van der Waals surface area contributed by atoms with Crippen LogP contribution in [0.5, 0.6) is 0 Å². The summed E-state index contributed by atoms with van der Waals surface area (Å²) in [6.45, 7) is 3.24. The Bertz CT molecular complexity index is 260. The highest BCUT2D eigenvalue weighted by Gasteiger charge is 2.15. The van der Waals surface area contributed by atoms with E-state index >= 15 is 0 Å². The van der Waals surface area contributed by atoms with E-state index in [9.17, 15) is 9.36 Å². The van der Waals surface area contributed by atoms with E-state index in [-0.39, 0.29) is 6.42 Å². The Labute approximate surface area is 111 Å². The van der Waals surface area contributed by atoms with Crippen LogP contribution in [0.4, 0.5) is 0 Å². The summed E-state index contributed by atoms with van der Waals surface area (Å²) >= 11 is 0. The summed E-state index contributed by atoms with van der Waals surface area (Å²) in [7, 11) is -3.65. The van der Waals surface area contributed by atoms with Crippen LogP contribution < -0.4 is 0 Å². The highest BCUT2D eigenvalue weighted by molar-refractivity contribution is 7.52. The first kappa shape index (κ1) is 17.7. The van der Waals surface area contributed by atoms with E-state index in [1.165, 1.54) is 38.5 Å². The van der Waals surface area contributed by atoms with E-state index in [1.807, 2.05) is 0 Å². The molecule has 0 aliphatic heterocycles. The van der Waals surface area contributed by atoms with Gasteiger partial charge in [0.05, 0.1) is 0 Å². The molecule has 1 N–H and O–H groups in total. The third-order valence-corrected chi connectivity index (χ3v) is 3.30. The molecule has 0 fully saturated rings. The molecule has 0 aromatic rings. The summed E-state index contributed by atoms with van der Waals surface area (Å²) in [5, 5.41) is 0. The van der Waals surface area contributed by atoms with Gasteiger partial charge in [0.2, 0.25) is 0 Å². The minimum atomic E-state index is -3.65. The Morgan fingerprint density at radius 3 is 1.89 bits per heavy atom. The fourth-order valence-corrected chi connectivity index (χ4v) is 2.28. The largest absolute Gasteiger partial charge is 0.392 e. The third kappa shape index (κ3) is 13.7. The fourth-order valence-electron chi connectivity index (χ4n) is 1.81. The summed E-state index contributed by atoms with van der Waals surface area (Å²) in [6, 6.07) is 0. The van der Waals surface area contributed by atoms with E-state index in [0.717, 1.165) is 25.9 Å². The van der Waals surface area contributed by atoms with Crippen LogP contribution in [0.3, 0.4) is 0 Å². The average molecular weight is 278 g/mol. The molecule has 0 rings (SSSR count). The second-order valence-electron chi connectivity index (χ2n) is 4.84. The number of hydrogen-bond donors (Lipinski definition) is 1. The summed E-state index contributed by atoms with van der Waals surface area (Å²) < 4.78 is 15.2. The highest BCUT2D eigenvalue weighted by Crippen LogP contribution is 2.37. The smallest absolute Gasteiger partial charge is 0.375 e. The molecular weight excluding hydrogens is 251 g/mol. The lowest BCUT2D eigenvalue weighted by Gasteiger charge is -2.06. The SMILES string of the molecule is CCCCCCCCCCCC(=O)OP(C)(=O)O. The molecule has 4 nitrogen and oxygen atoms in total. The van der Waals surface area contributed by atoms with Crippen LogP contribution in [0.2, 0.25) is 0 Å². The number of hydrogen-bond acceptors (Lipinski definition) is 3. The lowest BCUT2D eigenvalue weighted by molar-refractivity contribution is -0.134. The number of carbonyl (C=O) groups excluding carboxylic acids is 1. The van der Waals surface area contributed by atoms with Crippen molar-refractivity contribution in [1.29, 1.82) is 0 Å². The maximum atomic E-state index is 11.1. The molecule has 0 saturated heterocycles. The van der Waals surface area contributed by atoms with Crippen LogP contribution in [0.15, 0.2) is 0 Å². The predicted octanol–water partition coefficient (Wildman–Crippen LogP) is 4.27. The van der Waals surface area contributed by atoms with Crippen molar-refractivity contribution in [2.45, 2.75) is 71.1 Å². The standard InChI is InChI=1S/C13H27O4P/c1-3-4-5-6-7-8-9-10-11-12-13(14)17-18(2,15)16/h3-12H2,1-2H3,(H,15,16). The Hall–Kier alpha value is -0.340. The first-order valence-electron chi connectivity index (χ1n) is 6.98. The van der Waals surface area contributed by atoms with E-state index in [0.29, 0.717) is 0 Å². The molecule has 108 valence electrons. The minimum Gasteiger partial charge on any atom is -0.392 e. The lowest BCUT2D eigenvalue weighted by Crippen LogP contribution is -2.01. The Kier molecular flexibility index (Phi) is 10.4. The van der Waals surface area contributed by atoms with Crippen molar-refractivity contribution in [1.82, 2.24) is 0 Å². The summed E-state index contributed by atoms with van der Waals surface area (Å²) in [5.74, 6) is -0.564. The van der Waals surface area contributed by atoms with Crippen molar-refractivity contribution in [3.63, 3.8) is 0 Å². The van der Waals surface area contributed by atoms with Crippen LogP contribution >= 0.6 is 7.60 Å². The molecule has 0 radical (unpaired) electrons. The Morgan fingerprint density at radius 1 is 1.00 bits per heavy atom. The molecular formula is C13H27O4P. The van der Waals surface area contributed by atoms with Crippen molar-refractivity contribution < 1.29 is 18.8 Å². The summed E-state index contributed by atoms with van der Waals surface area (Å²) in [6.07, 6.45) is 10.8. The molecule has 1 atom stereocenters. The van der Waals surface area contributed by atoms with Gasteiger partial charge >= 0.3 is 13.6 Å². The van der Waals surface area contributed by atoms with Gasteiger partial charge < -0.3 is 9.42 Å². The molecule has 0 heterocycles. The zero-order valence-electron chi connectivity index (χ0n) is 11.7. The van der Waals surface area contributed by atoms with Gasteiger partial charge in [-0.3, -0.25) is 4.79 Å². The van der Waals surface area contributed by atoms with Crippen molar-refractivity contribution in [3.05, 3.63) is 0 Å². The Balaban J connectivity index is 3.25. The molecule has 0 saturated carbocycles. The second-order valence-corrected chi connectivity index (χ2v) is 6.63. The second kappa shape index (κ2) is 10.6. The van der Waals surface area contributed by atoms with E-state index < -0.39 is 13.6 Å². The lowest BCUT2D eigenvalue weighted by atomic mass is 10.1. The number of rotatable bonds is 11. The fraction of sp³-hybridized carbons (Fsp3) is 0.923. The van der Waals surface area contributed by atoms with Crippen LogP contribution in [0, 0.1) is 0 Å². The highest BCUT2D eigenvalue weighted by atomic mass is 31.2. The van der Waals surface area contributed by atoms with Crippen LogP contribution in [-0.2, 0) is 13.9 Å². The zero-order valence-corrected chi connectivity index (χ0v) is 12.6. The minimum absolute atomic E-state index is 0.244. The van der Waals surface area contributed by atoms with Gasteiger partial charge in [-0.2, -0.15) is 0 Å². The molecule has 0 spiro atoms. The van der Waals surface area contributed by atoms with Crippen molar-refractivity contribution in [2.75, 3.05) is 6.66 Å². The first-order chi connectivity index (χ1) is 8.45. The maximum absolute atomic E-state index is 11.1. The van der Waals surface area contributed by atoms with Crippen LogP contribution in [-0.4, -0.2) is 17.5 Å². The normalized spacial score (nSPS) is 14.2. The molecule has 0 aliphatic rings. The van der Waals surface area contributed by atoms with Crippen molar-refractivity contribution in [2.24, 2.45) is 0 Å². The van der Waals surface area contributed by atoms with Gasteiger partial charge in [0.15, 0.2) is 0 Å². The third-order valence-electron chi connectivity index (χ3n) is 2.76. The summed E-state index contributed by atoms with van der Waals surface area (Å²) in [5.41, 5.74) is 0. The molecule has 0 aromatic carbocycles. The molecule has 18 heavy (non-hydrogen) atoms. The topological polar surface area (TPSA) is 63.6 Å². The molecule has 0 aromatic heterocycles. The van der Waals surface area contributed by atoms with Gasteiger partial charge in [-0.05, 0) is 6.42 Å². The van der Waals surface area contributed by atoms with Gasteiger partial charge in [-0.25, -0.2) is 4.57 Å². The zero-order chi connectivity index (χ0) is 13.9. The molecule has 5 heteroatoms. The van der Waals surface area contributed by atoms with E-state index in [2.05, 4.69) is 11.4 Å². The number of carbonyl (C=O) groups is 1. The van der Waals surface area contributed by atoms with E-state index in [4.69, 9.17) is 4.89 Å². The molecule has 0 amide bonds. The van der Waals surface area contributed by atoms with Gasteiger partial charge in [-0.15, -0.1) is 0 Å². The molecule has 1 unspecified atom stereocenters. The quantitative estimate of drug-likeness (QED) is 0.453. The first-order valence-corrected chi connectivity index (χ1v) is 9.01. The predicted molar refractivity (Wildman–Crippen MR) is 73.7 cm³/mol. The van der Waals surface area contributed by atoms with Crippen LogP contribution in [0.1, 0.15) is 71.1 Å². The van der Waals surface area contributed by atoms with Crippen molar-refractivity contribution >= 4 is 13.6 Å². The van der Waals surface area contributed by atoms with Crippen LogP contribution in [0.25, 0.3) is 0 Å². The van der Waals surface area contributed by atoms with Gasteiger partial charge in [0.1, 0.15) is 0 Å². The van der Waals surface area contributed by atoms with Gasteiger partial charge in [0, 0.05) is 13.1 Å².